The first-order chi connectivity index (χ1) is 17.9. The third-order valence-corrected chi connectivity index (χ3v) is 6.74. The zero-order valence-corrected chi connectivity index (χ0v) is 23.3. The van der Waals surface area contributed by atoms with Gasteiger partial charge in [0.15, 0.2) is 0 Å². The van der Waals surface area contributed by atoms with Crippen LogP contribution < -0.4 is 5.32 Å². The van der Waals surface area contributed by atoms with Crippen LogP contribution in [0.5, 0.6) is 0 Å². The number of hydrogen-bond donors (Lipinski definition) is 1. The summed E-state index contributed by atoms with van der Waals surface area (Å²) in [4.78, 5) is 26.5. The lowest BCUT2D eigenvalue weighted by atomic mass is 9.96. The van der Waals surface area contributed by atoms with Gasteiger partial charge in [-0.05, 0) is 56.4 Å². The molecule has 2 rings (SSSR count). The summed E-state index contributed by atoms with van der Waals surface area (Å²) in [5, 5.41) is 1.81. The maximum absolute atomic E-state index is 13.8. The predicted molar refractivity (Wildman–Crippen MR) is 140 cm³/mol. The van der Waals surface area contributed by atoms with Gasteiger partial charge >= 0.3 is 12.4 Å². The van der Waals surface area contributed by atoms with Gasteiger partial charge in [0.25, 0.3) is 5.91 Å². The fraction of sp³-hybridized carbons (Fsp3) is 0.385. The largest absolute Gasteiger partial charge is 0.417 e. The molecule has 0 radical (unpaired) electrons. The minimum absolute atomic E-state index is 0.0701. The summed E-state index contributed by atoms with van der Waals surface area (Å²) in [5.41, 5.74) is -2.66. The number of halogens is 9. The van der Waals surface area contributed by atoms with Crippen molar-refractivity contribution in [3.63, 3.8) is 0 Å². The van der Waals surface area contributed by atoms with E-state index in [9.17, 15) is 35.9 Å². The highest BCUT2D eigenvalue weighted by Crippen LogP contribution is 2.41. The first-order valence-electron chi connectivity index (χ1n) is 11.5. The van der Waals surface area contributed by atoms with Crippen molar-refractivity contribution in [1.29, 1.82) is 0 Å². The minimum Gasteiger partial charge on any atom is -0.349 e. The van der Waals surface area contributed by atoms with Gasteiger partial charge in [-0.1, -0.05) is 53.0 Å². The van der Waals surface area contributed by atoms with Crippen molar-refractivity contribution in [1.82, 2.24) is 10.2 Å². The van der Waals surface area contributed by atoms with Gasteiger partial charge in [0.05, 0.1) is 32.1 Å². The summed E-state index contributed by atoms with van der Waals surface area (Å²) < 4.78 is 82.8. The van der Waals surface area contributed by atoms with E-state index in [1.807, 2.05) is 0 Å². The molecule has 0 aliphatic carbocycles. The molecule has 0 saturated carbocycles. The summed E-state index contributed by atoms with van der Waals surface area (Å²) in [7, 11) is 3.56. The van der Waals surface area contributed by atoms with Crippen LogP contribution in [0.1, 0.15) is 52.7 Å². The number of carbonyl (C=O) groups is 2. The van der Waals surface area contributed by atoms with Crippen LogP contribution in [-0.2, 0) is 11.0 Å². The van der Waals surface area contributed by atoms with Gasteiger partial charge in [0.1, 0.15) is 5.78 Å². The van der Waals surface area contributed by atoms with Crippen LogP contribution in [0.4, 0.5) is 26.3 Å². The molecule has 4 nitrogen and oxygen atoms in total. The van der Waals surface area contributed by atoms with E-state index in [0.717, 1.165) is 30.3 Å². The van der Waals surface area contributed by atoms with E-state index in [4.69, 9.17) is 34.8 Å². The number of benzene rings is 2. The van der Waals surface area contributed by atoms with Crippen LogP contribution in [0.15, 0.2) is 36.4 Å². The van der Waals surface area contributed by atoms with Crippen molar-refractivity contribution in [3.05, 3.63) is 73.7 Å². The van der Waals surface area contributed by atoms with E-state index < -0.39 is 41.3 Å². The molecule has 2 aromatic rings. The fourth-order valence-corrected chi connectivity index (χ4v) is 4.23. The molecule has 0 heterocycles. The molecule has 0 spiro atoms. The number of amides is 1. The van der Waals surface area contributed by atoms with Crippen molar-refractivity contribution in [2.75, 3.05) is 20.6 Å². The summed E-state index contributed by atoms with van der Waals surface area (Å²) >= 11 is 17.5. The van der Waals surface area contributed by atoms with Crippen LogP contribution >= 0.6 is 34.8 Å². The summed E-state index contributed by atoms with van der Waals surface area (Å²) in [6.45, 7) is 1.97. The molecule has 0 bridgehead atoms. The molecule has 0 aliphatic rings. The molecular weight excluding hydrogens is 593 g/mol. The van der Waals surface area contributed by atoms with E-state index in [2.05, 4.69) is 5.32 Å². The Morgan fingerprint density at radius 1 is 1.00 bits per heavy atom. The Bertz CT molecular complexity index is 1210. The molecule has 0 aromatic heterocycles. The zero-order valence-electron chi connectivity index (χ0n) is 21.0. The Morgan fingerprint density at radius 2 is 1.59 bits per heavy atom. The Morgan fingerprint density at radius 3 is 2.10 bits per heavy atom. The molecular formula is C26H25Cl3F6N2O2. The number of alkyl halides is 6. The predicted octanol–water partition coefficient (Wildman–Crippen LogP) is 8.05. The van der Waals surface area contributed by atoms with Crippen LogP contribution in [0.25, 0.3) is 6.08 Å². The SMILES string of the molecule is C[C@H](CC(=O)CCN(C)C)NC(=O)c1ccc(/C=C/C(c2cc(Cl)c(Cl)c(Cl)c2)C(F)(F)F)cc1C(F)(F)F. The molecule has 1 N–H and O–H groups in total. The van der Waals surface area contributed by atoms with E-state index in [0.29, 0.717) is 18.7 Å². The number of nitrogens with one attached hydrogen (secondary N) is 1. The van der Waals surface area contributed by atoms with Crippen molar-refractivity contribution in [2.24, 2.45) is 0 Å². The highest BCUT2D eigenvalue weighted by atomic mass is 35.5. The average molecular weight is 618 g/mol. The maximum atomic E-state index is 13.8. The third kappa shape index (κ3) is 9.70. The van der Waals surface area contributed by atoms with Crippen molar-refractivity contribution in [3.8, 4) is 0 Å². The number of ketones is 1. The Kier molecular flexibility index (Phi) is 11.3. The molecule has 0 aliphatic heterocycles. The lowest BCUT2D eigenvalue weighted by Crippen LogP contribution is -2.35. The second-order valence-electron chi connectivity index (χ2n) is 9.15. The average Bonchev–Trinajstić information content (AvgIpc) is 2.79. The fourth-order valence-electron chi connectivity index (χ4n) is 3.61. The first-order valence-corrected chi connectivity index (χ1v) is 12.6. The number of allylic oxidation sites excluding steroid dienone is 1. The molecule has 13 heteroatoms. The number of hydrogen-bond acceptors (Lipinski definition) is 3. The highest BCUT2D eigenvalue weighted by molar-refractivity contribution is 6.48. The van der Waals surface area contributed by atoms with Gasteiger partial charge in [-0.25, -0.2) is 0 Å². The number of Topliss-reactive ketones (excluding diaryl/α,β-unsaturated/α-hetero) is 1. The molecule has 0 fully saturated rings. The van der Waals surface area contributed by atoms with Gasteiger partial charge in [0, 0.05) is 25.4 Å². The number of carbonyl (C=O) groups excluding carboxylic acids is 2. The van der Waals surface area contributed by atoms with Gasteiger partial charge in [-0.15, -0.1) is 0 Å². The third-order valence-electron chi connectivity index (χ3n) is 5.54. The molecule has 214 valence electrons. The Hall–Kier alpha value is -2.27. The van der Waals surface area contributed by atoms with Crippen LogP contribution in [0.2, 0.25) is 15.1 Å². The van der Waals surface area contributed by atoms with E-state index in [1.165, 1.54) is 6.92 Å². The second-order valence-corrected chi connectivity index (χ2v) is 10.3. The van der Waals surface area contributed by atoms with Gasteiger partial charge in [-0.2, -0.15) is 26.3 Å². The van der Waals surface area contributed by atoms with Crippen molar-refractivity contribution >= 4 is 52.6 Å². The second kappa shape index (κ2) is 13.4. The van der Waals surface area contributed by atoms with E-state index in [1.54, 1.807) is 19.0 Å². The molecule has 2 atom stereocenters. The standard InChI is InChI=1S/C26H25Cl3F6N2O2/c1-14(10-17(38)8-9-37(2)3)36-24(39)18-6-4-15(11-20(18)26(33,34)35)5-7-19(25(30,31)32)16-12-21(27)23(29)22(28)13-16/h4-7,11-14,19H,8-10H2,1-3H3,(H,36,39)/b7-5+/t14-,19?/m1/s1. The van der Waals surface area contributed by atoms with Gasteiger partial charge in [-0.3, -0.25) is 9.59 Å². The van der Waals surface area contributed by atoms with Crippen molar-refractivity contribution in [2.45, 2.75) is 44.1 Å². The summed E-state index contributed by atoms with van der Waals surface area (Å²) in [6, 6.07) is 3.74. The quantitative estimate of drug-likeness (QED) is 0.217. The van der Waals surface area contributed by atoms with E-state index in [-0.39, 0.29) is 44.8 Å². The summed E-state index contributed by atoms with van der Waals surface area (Å²) in [5.74, 6) is -3.49. The molecule has 1 unspecified atom stereocenters. The zero-order chi connectivity index (χ0) is 29.7. The topological polar surface area (TPSA) is 49.4 Å². The number of rotatable bonds is 10. The van der Waals surface area contributed by atoms with E-state index >= 15 is 0 Å². The molecule has 39 heavy (non-hydrogen) atoms. The lowest BCUT2D eigenvalue weighted by molar-refractivity contribution is -0.139. The first kappa shape index (κ1) is 32.9. The van der Waals surface area contributed by atoms with Gasteiger partial charge in [0.2, 0.25) is 0 Å². The van der Waals surface area contributed by atoms with Crippen LogP contribution in [0, 0.1) is 0 Å². The van der Waals surface area contributed by atoms with Crippen LogP contribution in [0.3, 0.4) is 0 Å². The molecule has 1 amide bonds. The van der Waals surface area contributed by atoms with Crippen molar-refractivity contribution < 1.29 is 35.9 Å². The molecule has 0 saturated heterocycles. The van der Waals surface area contributed by atoms with Gasteiger partial charge < -0.3 is 10.2 Å². The summed E-state index contributed by atoms with van der Waals surface area (Å²) in [6.07, 6.45) is -8.15. The lowest BCUT2D eigenvalue weighted by Gasteiger charge is -2.19. The minimum atomic E-state index is -4.98. The molecule has 2 aromatic carbocycles. The Balaban J connectivity index is 2.33. The smallest absolute Gasteiger partial charge is 0.349 e. The Labute approximate surface area is 236 Å². The van der Waals surface area contributed by atoms with Crippen LogP contribution in [-0.4, -0.2) is 49.4 Å². The monoisotopic (exact) mass is 616 g/mol. The number of nitrogens with zero attached hydrogens (tertiary/aromatic N) is 1. The maximum Gasteiger partial charge on any atom is 0.417 e. The normalized spacial score (nSPS) is 14.1. The highest BCUT2D eigenvalue weighted by Gasteiger charge is 2.40.